The van der Waals surface area contributed by atoms with Crippen molar-refractivity contribution in [2.24, 2.45) is 0 Å². The van der Waals surface area contributed by atoms with Crippen molar-refractivity contribution >= 4 is 40.9 Å². The molecule has 0 atom stereocenters. The second-order valence-corrected chi connectivity index (χ2v) is 21.0. The van der Waals surface area contributed by atoms with E-state index >= 15 is 0 Å². The second kappa shape index (κ2) is 15.2. The Morgan fingerprint density at radius 1 is 0.488 bits per heavy atom. The van der Waals surface area contributed by atoms with Crippen LogP contribution in [0, 0.1) is 0 Å². The van der Waals surface area contributed by atoms with Crippen LogP contribution in [0.5, 0.6) is 0 Å². The molecular formula is C40H46Ge. The molecule has 5 aromatic rings. The Labute approximate surface area is 250 Å². The number of hydrogen-bond donors (Lipinski definition) is 0. The standard InChI is InChI=1S/C40H46Ge/c1-2-3-4-5-6-7-8-16-28-41(29-27-34-17-10-9-11-18-34,32-35-23-25-37-19-12-14-21-39(37)30-35)33-36-24-26-38-20-13-15-22-40(38)31-36/h9-15,17-27,29-31H,2-8,16,28,32-33H2,1H3/b29-27+. The Morgan fingerprint density at radius 2 is 0.976 bits per heavy atom. The van der Waals surface area contributed by atoms with E-state index in [2.05, 4.69) is 133 Å². The minimum absolute atomic E-state index is 1.23. The van der Waals surface area contributed by atoms with Crippen LogP contribution in [0.3, 0.4) is 0 Å². The number of rotatable bonds is 15. The Morgan fingerprint density at radius 3 is 1.54 bits per heavy atom. The van der Waals surface area contributed by atoms with E-state index in [1.165, 1.54) is 105 Å². The van der Waals surface area contributed by atoms with E-state index < -0.39 is 13.3 Å². The normalized spacial score (nSPS) is 12.0. The summed E-state index contributed by atoms with van der Waals surface area (Å²) in [5.41, 5.74) is 4.36. The van der Waals surface area contributed by atoms with Gasteiger partial charge in [0.05, 0.1) is 0 Å². The van der Waals surface area contributed by atoms with Gasteiger partial charge >= 0.3 is 252 Å². The fraction of sp³-hybridized carbons (Fsp3) is 0.300. The minimum atomic E-state index is -2.58. The van der Waals surface area contributed by atoms with Gasteiger partial charge in [0.25, 0.3) is 0 Å². The van der Waals surface area contributed by atoms with Gasteiger partial charge in [-0.2, -0.15) is 0 Å². The maximum absolute atomic E-state index is 2.75. The quantitative estimate of drug-likeness (QED) is 0.0830. The van der Waals surface area contributed by atoms with Crippen LogP contribution in [0.25, 0.3) is 27.6 Å². The average Bonchev–Trinajstić information content (AvgIpc) is 3.02. The molecule has 5 rings (SSSR count). The fourth-order valence-corrected chi connectivity index (χ4v) is 15.7. The van der Waals surface area contributed by atoms with E-state index in [1.807, 2.05) is 0 Å². The van der Waals surface area contributed by atoms with Crippen molar-refractivity contribution in [3.63, 3.8) is 0 Å². The zero-order chi connectivity index (χ0) is 28.2. The van der Waals surface area contributed by atoms with E-state index in [0.717, 1.165) is 0 Å². The zero-order valence-electron chi connectivity index (χ0n) is 24.9. The van der Waals surface area contributed by atoms with Crippen LogP contribution >= 0.6 is 0 Å². The van der Waals surface area contributed by atoms with Gasteiger partial charge in [0, 0.05) is 0 Å². The summed E-state index contributed by atoms with van der Waals surface area (Å²) in [6.07, 6.45) is 13.5. The first-order valence-corrected chi connectivity index (χ1v) is 21.6. The third kappa shape index (κ3) is 8.70. The molecule has 0 saturated heterocycles. The molecule has 0 fully saturated rings. The predicted molar refractivity (Wildman–Crippen MR) is 184 cm³/mol. The van der Waals surface area contributed by atoms with Gasteiger partial charge in [0.1, 0.15) is 0 Å². The van der Waals surface area contributed by atoms with Crippen LogP contribution in [0.1, 0.15) is 75.0 Å². The van der Waals surface area contributed by atoms with Crippen molar-refractivity contribution < 1.29 is 0 Å². The molecule has 0 aliphatic carbocycles. The van der Waals surface area contributed by atoms with Crippen molar-refractivity contribution in [3.05, 3.63) is 137 Å². The van der Waals surface area contributed by atoms with Crippen LogP contribution in [0.2, 0.25) is 5.25 Å². The molecule has 0 aromatic heterocycles. The molecule has 0 aliphatic heterocycles. The molecule has 0 bridgehead atoms. The Bertz CT molecular complexity index is 1450. The number of benzene rings is 5. The van der Waals surface area contributed by atoms with Crippen LogP contribution in [-0.4, -0.2) is 13.3 Å². The third-order valence-corrected chi connectivity index (χ3v) is 18.0. The maximum atomic E-state index is 2.75. The molecule has 0 radical (unpaired) electrons. The molecule has 0 spiro atoms. The van der Waals surface area contributed by atoms with Gasteiger partial charge in [0.2, 0.25) is 0 Å². The average molecular weight is 599 g/mol. The van der Waals surface area contributed by atoms with Gasteiger partial charge in [-0.05, 0) is 0 Å². The SMILES string of the molecule is CCCCCCCCC[CH2][Ge](/[CH]=C/c1ccccc1)([CH2]c1ccc2ccccc2c1)[CH2]c1ccc2ccccc2c1. The van der Waals surface area contributed by atoms with Gasteiger partial charge in [-0.1, -0.05) is 0 Å². The first kappa shape index (κ1) is 29.4. The summed E-state index contributed by atoms with van der Waals surface area (Å²) in [5, 5.41) is 9.27. The Hall–Kier alpha value is -3.10. The molecule has 0 unspecified atom stereocenters. The topological polar surface area (TPSA) is 0 Å². The summed E-state index contributed by atoms with van der Waals surface area (Å²) in [7, 11) is 0. The van der Waals surface area contributed by atoms with E-state index in [-0.39, 0.29) is 0 Å². The monoisotopic (exact) mass is 600 g/mol. The van der Waals surface area contributed by atoms with Crippen molar-refractivity contribution in [2.45, 2.75) is 74.1 Å². The van der Waals surface area contributed by atoms with Crippen molar-refractivity contribution in [2.75, 3.05) is 0 Å². The van der Waals surface area contributed by atoms with Gasteiger partial charge in [-0.25, -0.2) is 0 Å². The number of hydrogen-bond acceptors (Lipinski definition) is 0. The number of fused-ring (bicyclic) bond motifs is 2. The molecule has 0 aliphatic rings. The summed E-state index contributed by atoms with van der Waals surface area (Å²) < 4.78 is 0. The molecule has 0 nitrogen and oxygen atoms in total. The van der Waals surface area contributed by atoms with E-state index in [9.17, 15) is 0 Å². The molecule has 5 aromatic carbocycles. The summed E-state index contributed by atoms with van der Waals surface area (Å²) in [6, 6.07) is 43.1. The fourth-order valence-electron chi connectivity index (χ4n) is 6.40. The number of unbranched alkanes of at least 4 members (excludes halogenated alkanes) is 7. The molecular weight excluding hydrogens is 553 g/mol. The molecule has 210 valence electrons. The first-order valence-electron chi connectivity index (χ1n) is 15.9. The van der Waals surface area contributed by atoms with Crippen LogP contribution in [-0.2, 0) is 10.5 Å². The van der Waals surface area contributed by atoms with E-state index in [4.69, 9.17) is 0 Å². The summed E-state index contributed by atoms with van der Waals surface area (Å²) in [4.78, 5) is 2.75. The molecule has 0 amide bonds. The van der Waals surface area contributed by atoms with Gasteiger partial charge < -0.3 is 0 Å². The molecule has 0 saturated carbocycles. The summed E-state index contributed by atoms with van der Waals surface area (Å²) in [6.45, 7) is 2.31. The van der Waals surface area contributed by atoms with Crippen molar-refractivity contribution in [3.8, 4) is 0 Å². The van der Waals surface area contributed by atoms with E-state index in [1.54, 1.807) is 0 Å². The van der Waals surface area contributed by atoms with Crippen LogP contribution in [0.4, 0.5) is 0 Å². The van der Waals surface area contributed by atoms with E-state index in [0.29, 0.717) is 0 Å². The van der Waals surface area contributed by atoms with Gasteiger partial charge in [-0.3, -0.25) is 0 Å². The Kier molecular flexibility index (Phi) is 10.9. The van der Waals surface area contributed by atoms with Crippen LogP contribution < -0.4 is 0 Å². The molecule has 41 heavy (non-hydrogen) atoms. The predicted octanol–water partition coefficient (Wildman–Crippen LogP) is 11.7. The molecule has 0 N–H and O–H groups in total. The Balaban J connectivity index is 1.45. The third-order valence-electron chi connectivity index (χ3n) is 8.70. The molecule has 1 heteroatoms. The summed E-state index contributed by atoms with van der Waals surface area (Å²) in [5.74, 6) is 0. The van der Waals surface area contributed by atoms with Crippen LogP contribution in [0.15, 0.2) is 120 Å². The zero-order valence-corrected chi connectivity index (χ0v) is 27.0. The van der Waals surface area contributed by atoms with Gasteiger partial charge in [-0.15, -0.1) is 0 Å². The molecule has 0 heterocycles. The second-order valence-electron chi connectivity index (χ2n) is 12.0. The van der Waals surface area contributed by atoms with Gasteiger partial charge in [0.15, 0.2) is 0 Å². The van der Waals surface area contributed by atoms with Crippen molar-refractivity contribution in [1.82, 2.24) is 0 Å². The first-order chi connectivity index (χ1) is 20.2. The van der Waals surface area contributed by atoms with Crippen molar-refractivity contribution in [1.29, 1.82) is 0 Å². The summed E-state index contributed by atoms with van der Waals surface area (Å²) >= 11 is -2.58.